The third kappa shape index (κ3) is 2.25. The fraction of sp³-hybridized carbons (Fsp3) is 0.0556. The molecule has 0 aliphatic carbocycles. The molecule has 1 aromatic carbocycles. The minimum Gasteiger partial charge on any atom is -0.467 e. The van der Waals surface area contributed by atoms with Gasteiger partial charge in [-0.1, -0.05) is 12.1 Å². The predicted octanol–water partition coefficient (Wildman–Crippen LogP) is 3.48. The number of aromatic amines is 1. The molecule has 0 unspecified atom stereocenters. The summed E-state index contributed by atoms with van der Waals surface area (Å²) in [6.45, 7) is 0.542. The van der Waals surface area contributed by atoms with Crippen molar-refractivity contribution in [1.82, 2.24) is 24.6 Å². The molecule has 0 atom stereocenters. The molecular weight excluding hydrogens is 316 g/mol. The van der Waals surface area contributed by atoms with Crippen molar-refractivity contribution in [3.05, 3.63) is 67.1 Å². The van der Waals surface area contributed by atoms with Crippen LogP contribution in [0.25, 0.3) is 27.7 Å². The Morgan fingerprint density at radius 3 is 3.04 bits per heavy atom. The fourth-order valence-corrected chi connectivity index (χ4v) is 3.04. The van der Waals surface area contributed by atoms with Crippen LogP contribution in [0.1, 0.15) is 5.76 Å². The number of furan rings is 1. The lowest BCUT2D eigenvalue weighted by atomic mass is 10.0. The third-order valence-electron chi connectivity index (χ3n) is 4.22. The number of rotatable bonds is 4. The van der Waals surface area contributed by atoms with Gasteiger partial charge in [0.25, 0.3) is 0 Å². The maximum atomic E-state index is 5.35. The highest BCUT2D eigenvalue weighted by molar-refractivity contribution is 5.98. The van der Waals surface area contributed by atoms with E-state index in [1.165, 1.54) is 0 Å². The lowest BCUT2D eigenvalue weighted by Crippen LogP contribution is -2.06. The van der Waals surface area contributed by atoms with Crippen molar-refractivity contribution in [3.63, 3.8) is 0 Å². The summed E-state index contributed by atoms with van der Waals surface area (Å²) >= 11 is 0. The van der Waals surface area contributed by atoms with Gasteiger partial charge in [0.05, 0.1) is 12.8 Å². The van der Waals surface area contributed by atoms with Crippen molar-refractivity contribution in [2.24, 2.45) is 0 Å². The molecule has 5 aromatic rings. The van der Waals surface area contributed by atoms with Gasteiger partial charge in [-0.15, -0.1) is 10.2 Å². The van der Waals surface area contributed by atoms with Crippen LogP contribution in [0.5, 0.6) is 0 Å². The van der Waals surface area contributed by atoms with Crippen LogP contribution in [-0.2, 0) is 6.54 Å². The van der Waals surface area contributed by atoms with Crippen LogP contribution < -0.4 is 5.32 Å². The molecule has 0 radical (unpaired) electrons. The van der Waals surface area contributed by atoms with Crippen LogP contribution in [0.4, 0.5) is 5.95 Å². The summed E-state index contributed by atoms with van der Waals surface area (Å²) in [7, 11) is 0. The minimum atomic E-state index is 0.542. The quantitative estimate of drug-likeness (QED) is 0.527. The van der Waals surface area contributed by atoms with Gasteiger partial charge in [-0.05, 0) is 29.8 Å². The second kappa shape index (κ2) is 5.48. The zero-order valence-electron chi connectivity index (χ0n) is 13.2. The minimum absolute atomic E-state index is 0.542. The first-order chi connectivity index (χ1) is 12.4. The summed E-state index contributed by atoms with van der Waals surface area (Å²) in [5, 5.41) is 12.7. The van der Waals surface area contributed by atoms with Crippen LogP contribution in [0, 0.1) is 0 Å². The Morgan fingerprint density at radius 1 is 1.12 bits per heavy atom. The molecule has 7 nitrogen and oxygen atoms in total. The smallest absolute Gasteiger partial charge is 0.210 e. The average Bonchev–Trinajstić information content (AvgIpc) is 3.40. The molecule has 122 valence electrons. The molecule has 0 bridgehead atoms. The highest BCUT2D eigenvalue weighted by atomic mass is 16.3. The SMILES string of the molecule is c1coc(CNc2ncc(-c3cccc4[nH]ccc34)c3nncn23)c1. The Hall–Kier alpha value is -3.61. The number of nitrogens with zero attached hydrogens (tertiary/aromatic N) is 4. The van der Waals surface area contributed by atoms with Crippen LogP contribution in [-0.4, -0.2) is 24.6 Å². The molecule has 0 aliphatic rings. The van der Waals surface area contributed by atoms with Gasteiger partial charge < -0.3 is 14.7 Å². The van der Waals surface area contributed by atoms with E-state index >= 15 is 0 Å². The molecule has 0 aliphatic heterocycles. The third-order valence-corrected chi connectivity index (χ3v) is 4.22. The summed E-state index contributed by atoms with van der Waals surface area (Å²) in [6, 6.07) is 12.0. The van der Waals surface area contributed by atoms with E-state index < -0.39 is 0 Å². The molecule has 5 rings (SSSR count). The topological polar surface area (TPSA) is 84.0 Å². The Labute approximate surface area is 142 Å². The van der Waals surface area contributed by atoms with Gasteiger partial charge in [-0.25, -0.2) is 4.98 Å². The maximum Gasteiger partial charge on any atom is 0.210 e. The number of fused-ring (bicyclic) bond motifs is 2. The number of hydrogen-bond donors (Lipinski definition) is 2. The number of aromatic nitrogens is 5. The highest BCUT2D eigenvalue weighted by Gasteiger charge is 2.13. The van der Waals surface area contributed by atoms with E-state index in [4.69, 9.17) is 4.42 Å². The van der Waals surface area contributed by atoms with Crippen molar-refractivity contribution in [1.29, 1.82) is 0 Å². The zero-order chi connectivity index (χ0) is 16.6. The Balaban J connectivity index is 1.60. The molecule has 0 saturated heterocycles. The standard InChI is InChI=1S/C18H14N6O/c1-4-13(14-6-7-19-16(14)5-1)15-10-21-18(24-11-22-23-17(15)24)20-9-12-3-2-8-25-12/h1-8,10-11,19H,9H2,(H,20,21). The van der Waals surface area contributed by atoms with Crippen LogP contribution in [0.3, 0.4) is 0 Å². The molecule has 0 amide bonds. The van der Waals surface area contributed by atoms with Crippen molar-refractivity contribution in [2.75, 3.05) is 5.32 Å². The molecule has 7 heteroatoms. The van der Waals surface area contributed by atoms with E-state index in [1.54, 1.807) is 12.6 Å². The number of benzene rings is 1. The second-order valence-corrected chi connectivity index (χ2v) is 5.70. The monoisotopic (exact) mass is 330 g/mol. The largest absolute Gasteiger partial charge is 0.467 e. The average molecular weight is 330 g/mol. The van der Waals surface area contributed by atoms with Gasteiger partial charge in [0, 0.05) is 28.9 Å². The highest BCUT2D eigenvalue weighted by Crippen LogP contribution is 2.30. The Bertz CT molecular complexity index is 1150. The lowest BCUT2D eigenvalue weighted by Gasteiger charge is -2.09. The van der Waals surface area contributed by atoms with Gasteiger partial charge in [-0.2, -0.15) is 0 Å². The number of nitrogens with one attached hydrogen (secondary N) is 2. The number of anilines is 1. The summed E-state index contributed by atoms with van der Waals surface area (Å²) < 4.78 is 7.20. The first kappa shape index (κ1) is 13.8. The Morgan fingerprint density at radius 2 is 2.12 bits per heavy atom. The van der Waals surface area contributed by atoms with E-state index in [2.05, 4.69) is 37.6 Å². The molecule has 4 aromatic heterocycles. The van der Waals surface area contributed by atoms with Crippen LogP contribution in [0.2, 0.25) is 0 Å². The molecule has 0 fully saturated rings. The molecule has 0 spiro atoms. The summed E-state index contributed by atoms with van der Waals surface area (Å²) in [6.07, 6.45) is 7.07. The van der Waals surface area contributed by atoms with Gasteiger partial charge in [0.1, 0.15) is 12.1 Å². The molecule has 2 N–H and O–H groups in total. The lowest BCUT2D eigenvalue weighted by molar-refractivity contribution is 0.517. The molecule has 4 heterocycles. The van der Waals surface area contributed by atoms with E-state index in [0.29, 0.717) is 12.5 Å². The predicted molar refractivity (Wildman–Crippen MR) is 94.1 cm³/mol. The molecular formula is C18H14N6O. The van der Waals surface area contributed by atoms with E-state index in [9.17, 15) is 0 Å². The fourth-order valence-electron chi connectivity index (χ4n) is 3.04. The number of hydrogen-bond acceptors (Lipinski definition) is 5. The van der Waals surface area contributed by atoms with Crippen molar-refractivity contribution < 1.29 is 4.42 Å². The van der Waals surface area contributed by atoms with Gasteiger partial charge in [0.15, 0.2) is 5.65 Å². The van der Waals surface area contributed by atoms with Gasteiger partial charge >= 0.3 is 0 Å². The molecule has 25 heavy (non-hydrogen) atoms. The van der Waals surface area contributed by atoms with Crippen LogP contribution >= 0.6 is 0 Å². The summed E-state index contributed by atoms with van der Waals surface area (Å²) in [5.74, 6) is 1.51. The van der Waals surface area contributed by atoms with E-state index in [1.807, 2.05) is 41.1 Å². The summed E-state index contributed by atoms with van der Waals surface area (Å²) in [5.41, 5.74) is 3.84. The first-order valence-electron chi connectivity index (χ1n) is 7.91. The maximum absolute atomic E-state index is 5.35. The van der Waals surface area contributed by atoms with Crippen molar-refractivity contribution in [3.8, 4) is 11.1 Å². The van der Waals surface area contributed by atoms with E-state index in [-0.39, 0.29) is 0 Å². The normalized spacial score (nSPS) is 11.4. The van der Waals surface area contributed by atoms with Gasteiger partial charge in [-0.3, -0.25) is 4.40 Å². The van der Waals surface area contributed by atoms with Crippen LogP contribution in [0.15, 0.2) is 65.8 Å². The van der Waals surface area contributed by atoms with Crippen molar-refractivity contribution >= 4 is 22.5 Å². The second-order valence-electron chi connectivity index (χ2n) is 5.70. The Kier molecular flexibility index (Phi) is 3.03. The van der Waals surface area contributed by atoms with E-state index in [0.717, 1.165) is 33.4 Å². The number of H-pyrrole nitrogens is 1. The van der Waals surface area contributed by atoms with Gasteiger partial charge in [0.2, 0.25) is 5.95 Å². The first-order valence-corrected chi connectivity index (χ1v) is 7.91. The summed E-state index contributed by atoms with van der Waals surface area (Å²) in [4.78, 5) is 7.80. The zero-order valence-corrected chi connectivity index (χ0v) is 13.2. The van der Waals surface area contributed by atoms with Crippen molar-refractivity contribution in [2.45, 2.75) is 6.54 Å². The molecule has 0 saturated carbocycles.